The zero-order valence-electron chi connectivity index (χ0n) is 7.04. The van der Waals surface area contributed by atoms with Crippen molar-refractivity contribution in [1.82, 2.24) is 0 Å². The smallest absolute Gasteiger partial charge is 0.293 e. The van der Waals surface area contributed by atoms with Gasteiger partial charge in [-0.3, -0.25) is 4.79 Å². The predicted octanol–water partition coefficient (Wildman–Crippen LogP) is 0.534. The number of carbonyl (C=O) groups is 1. The monoisotopic (exact) mass is 188 g/mol. The normalized spacial score (nSPS) is 8.29. The van der Waals surface area contributed by atoms with Crippen LogP contribution in [0.4, 0.5) is 4.39 Å². The predicted molar refractivity (Wildman–Crippen MR) is 47.2 cm³/mol. The first-order valence-electron chi connectivity index (χ1n) is 3.64. The number of rotatable bonds is 0. The molecule has 4 heteroatoms. The summed E-state index contributed by atoms with van der Waals surface area (Å²) in [4.78, 5) is 10.3. The molecule has 3 nitrogen and oxygen atoms in total. The average Bonchev–Trinajstić information content (AvgIpc) is 2.16. The SMILES string of the molecule is N#Cc1cc(C#CC(N)=O)ccc1F. The highest BCUT2D eigenvalue weighted by Gasteiger charge is 2.00. The van der Waals surface area contributed by atoms with Crippen LogP contribution in [0.5, 0.6) is 0 Å². The summed E-state index contributed by atoms with van der Waals surface area (Å²) in [5, 5.41) is 8.49. The van der Waals surface area contributed by atoms with Crippen molar-refractivity contribution in [3.8, 4) is 17.9 Å². The van der Waals surface area contributed by atoms with E-state index >= 15 is 0 Å². The van der Waals surface area contributed by atoms with Crippen molar-refractivity contribution in [2.45, 2.75) is 0 Å². The molecular formula is C10H5FN2O. The molecule has 0 aliphatic rings. The van der Waals surface area contributed by atoms with Gasteiger partial charge >= 0.3 is 0 Å². The minimum atomic E-state index is -0.771. The van der Waals surface area contributed by atoms with E-state index in [0.29, 0.717) is 5.56 Å². The van der Waals surface area contributed by atoms with Gasteiger partial charge in [-0.1, -0.05) is 5.92 Å². The van der Waals surface area contributed by atoms with Crippen molar-refractivity contribution >= 4 is 5.91 Å². The third-order valence-corrected chi connectivity index (χ3v) is 1.42. The lowest BCUT2D eigenvalue weighted by atomic mass is 10.1. The quantitative estimate of drug-likeness (QED) is 0.603. The molecule has 0 bridgehead atoms. The van der Waals surface area contributed by atoms with E-state index < -0.39 is 11.7 Å². The molecule has 2 N–H and O–H groups in total. The molecule has 0 aliphatic heterocycles. The van der Waals surface area contributed by atoms with Gasteiger partial charge in [-0.05, 0) is 24.1 Å². The minimum Gasteiger partial charge on any atom is -0.359 e. The van der Waals surface area contributed by atoms with Crippen molar-refractivity contribution in [2.75, 3.05) is 0 Å². The molecule has 1 aromatic carbocycles. The van der Waals surface area contributed by atoms with Crippen molar-refractivity contribution in [3.05, 3.63) is 35.1 Å². The van der Waals surface area contributed by atoms with Crippen molar-refractivity contribution in [3.63, 3.8) is 0 Å². The third kappa shape index (κ3) is 2.33. The molecule has 0 radical (unpaired) electrons. The summed E-state index contributed by atoms with van der Waals surface area (Å²) in [7, 11) is 0. The molecule has 1 amide bonds. The Bertz CT molecular complexity index is 477. The third-order valence-electron chi connectivity index (χ3n) is 1.42. The zero-order chi connectivity index (χ0) is 10.6. The lowest BCUT2D eigenvalue weighted by Gasteiger charge is -1.93. The molecule has 0 spiro atoms. The Labute approximate surface area is 79.9 Å². The Kier molecular flexibility index (Phi) is 2.83. The number of primary amides is 1. The molecule has 0 heterocycles. The molecule has 14 heavy (non-hydrogen) atoms. The van der Waals surface area contributed by atoms with Gasteiger partial charge in [0, 0.05) is 5.56 Å². The number of nitrogens with two attached hydrogens (primary N) is 1. The summed E-state index contributed by atoms with van der Waals surface area (Å²) in [6, 6.07) is 5.40. The summed E-state index contributed by atoms with van der Waals surface area (Å²) in [5.74, 6) is 3.11. The van der Waals surface area contributed by atoms with E-state index in [9.17, 15) is 9.18 Å². The van der Waals surface area contributed by atoms with Crippen LogP contribution in [-0.2, 0) is 4.79 Å². The Morgan fingerprint density at radius 2 is 2.21 bits per heavy atom. The van der Waals surface area contributed by atoms with Gasteiger partial charge in [-0.15, -0.1) is 0 Å². The lowest BCUT2D eigenvalue weighted by molar-refractivity contribution is -0.112. The van der Waals surface area contributed by atoms with Crippen LogP contribution in [-0.4, -0.2) is 5.91 Å². The van der Waals surface area contributed by atoms with E-state index in [4.69, 9.17) is 11.0 Å². The van der Waals surface area contributed by atoms with Crippen LogP contribution in [0.1, 0.15) is 11.1 Å². The fraction of sp³-hybridized carbons (Fsp3) is 0. The number of amides is 1. The van der Waals surface area contributed by atoms with Crippen LogP contribution in [0.15, 0.2) is 18.2 Å². The van der Waals surface area contributed by atoms with Crippen molar-refractivity contribution in [1.29, 1.82) is 5.26 Å². The Hall–Kier alpha value is -2.33. The van der Waals surface area contributed by atoms with E-state index in [-0.39, 0.29) is 5.56 Å². The second kappa shape index (κ2) is 4.06. The van der Waals surface area contributed by atoms with Crippen LogP contribution >= 0.6 is 0 Å². The second-order valence-electron chi connectivity index (χ2n) is 2.42. The molecule has 0 saturated carbocycles. The highest BCUT2D eigenvalue weighted by atomic mass is 19.1. The Morgan fingerprint density at radius 1 is 1.50 bits per heavy atom. The number of benzene rings is 1. The van der Waals surface area contributed by atoms with Gasteiger partial charge in [0.1, 0.15) is 11.9 Å². The molecule has 0 aromatic heterocycles. The molecule has 0 unspecified atom stereocenters. The number of carbonyl (C=O) groups excluding carboxylic acids is 1. The zero-order valence-corrected chi connectivity index (χ0v) is 7.04. The highest BCUT2D eigenvalue weighted by Crippen LogP contribution is 2.08. The van der Waals surface area contributed by atoms with Crippen LogP contribution in [0, 0.1) is 29.0 Å². The first-order chi connectivity index (χ1) is 6.63. The van der Waals surface area contributed by atoms with Gasteiger partial charge < -0.3 is 5.73 Å². The van der Waals surface area contributed by atoms with Gasteiger partial charge in [0.05, 0.1) is 5.56 Å². The summed E-state index contributed by atoms with van der Waals surface area (Å²) in [5.41, 5.74) is 5.06. The molecule has 1 aromatic rings. The van der Waals surface area contributed by atoms with Gasteiger partial charge in [0.2, 0.25) is 0 Å². The fourth-order valence-corrected chi connectivity index (χ4v) is 0.822. The lowest BCUT2D eigenvalue weighted by Crippen LogP contribution is -2.06. The van der Waals surface area contributed by atoms with Crippen LogP contribution < -0.4 is 5.73 Å². The fourth-order valence-electron chi connectivity index (χ4n) is 0.822. The van der Waals surface area contributed by atoms with Gasteiger partial charge in [-0.2, -0.15) is 5.26 Å². The Morgan fingerprint density at radius 3 is 2.79 bits per heavy atom. The number of nitrogens with zero attached hydrogens (tertiary/aromatic N) is 1. The largest absolute Gasteiger partial charge is 0.359 e. The standard InChI is InChI=1S/C10H5FN2O/c11-9-3-1-7(2-4-10(13)14)5-8(9)6-12/h1,3,5H,(H2,13,14). The van der Waals surface area contributed by atoms with E-state index in [0.717, 1.165) is 6.07 Å². The number of nitriles is 1. The average molecular weight is 188 g/mol. The van der Waals surface area contributed by atoms with Gasteiger partial charge in [-0.25, -0.2) is 4.39 Å². The van der Waals surface area contributed by atoms with Crippen LogP contribution in [0.3, 0.4) is 0 Å². The minimum absolute atomic E-state index is 0.110. The van der Waals surface area contributed by atoms with E-state index in [1.54, 1.807) is 6.07 Å². The summed E-state index contributed by atoms with van der Waals surface area (Å²) < 4.78 is 12.8. The highest BCUT2D eigenvalue weighted by molar-refractivity contribution is 5.92. The molecule has 0 aliphatic carbocycles. The number of hydrogen-bond donors (Lipinski definition) is 1. The number of halogens is 1. The van der Waals surface area contributed by atoms with E-state index in [1.165, 1.54) is 12.1 Å². The molecule has 0 atom stereocenters. The van der Waals surface area contributed by atoms with Crippen molar-refractivity contribution in [2.24, 2.45) is 5.73 Å². The molecule has 0 fully saturated rings. The maximum Gasteiger partial charge on any atom is 0.293 e. The van der Waals surface area contributed by atoms with E-state index in [2.05, 4.69) is 11.8 Å². The summed E-state index contributed by atoms with van der Waals surface area (Å²) >= 11 is 0. The maximum atomic E-state index is 12.8. The van der Waals surface area contributed by atoms with Crippen LogP contribution in [0.2, 0.25) is 0 Å². The second-order valence-corrected chi connectivity index (χ2v) is 2.42. The first kappa shape index (κ1) is 9.76. The van der Waals surface area contributed by atoms with Crippen LogP contribution in [0.25, 0.3) is 0 Å². The first-order valence-corrected chi connectivity index (χ1v) is 3.64. The van der Waals surface area contributed by atoms with Gasteiger partial charge in [0.25, 0.3) is 5.91 Å². The maximum absolute atomic E-state index is 12.8. The molecule has 1 rings (SSSR count). The molecule has 68 valence electrons. The van der Waals surface area contributed by atoms with Gasteiger partial charge in [0.15, 0.2) is 0 Å². The summed E-state index contributed by atoms with van der Waals surface area (Å²) in [6.45, 7) is 0. The van der Waals surface area contributed by atoms with E-state index in [1.807, 2.05) is 0 Å². The van der Waals surface area contributed by atoms with Crippen molar-refractivity contribution < 1.29 is 9.18 Å². The molecule has 0 saturated heterocycles. The summed E-state index contributed by atoms with van der Waals surface area (Å²) in [6.07, 6.45) is 0. The molecular weight excluding hydrogens is 183 g/mol. The topological polar surface area (TPSA) is 66.9 Å². The Balaban J connectivity index is 3.11. The number of hydrogen-bond acceptors (Lipinski definition) is 2.